The summed E-state index contributed by atoms with van der Waals surface area (Å²) in [5.74, 6) is 0.0626. The lowest BCUT2D eigenvalue weighted by atomic mass is 10.2. The molecule has 0 bridgehead atoms. The molecule has 1 N–H and O–H groups in total. The topological polar surface area (TPSA) is 44.8 Å². The van der Waals surface area contributed by atoms with Crippen LogP contribution >= 0.6 is 0 Å². The van der Waals surface area contributed by atoms with Crippen LogP contribution in [0.5, 0.6) is 0 Å². The van der Waals surface area contributed by atoms with E-state index in [0.717, 1.165) is 63.6 Å². The smallest absolute Gasteiger partial charge is 0.238 e. The average Bonchev–Trinajstić information content (AvgIpc) is 2.56. The lowest BCUT2D eigenvalue weighted by molar-refractivity contribution is -0.117. The third-order valence-corrected chi connectivity index (χ3v) is 3.98. The summed E-state index contributed by atoms with van der Waals surface area (Å²) in [5.41, 5.74) is 1.98. The normalized spacial score (nSPS) is 15.0. The highest BCUT2D eigenvalue weighted by molar-refractivity contribution is 5.95. The van der Waals surface area contributed by atoms with E-state index in [0.29, 0.717) is 6.54 Å². The van der Waals surface area contributed by atoms with Crippen molar-refractivity contribution in [3.8, 4) is 0 Å². The number of ether oxygens (including phenoxy) is 1. The zero-order chi connectivity index (χ0) is 16.5. The van der Waals surface area contributed by atoms with Crippen molar-refractivity contribution in [3.63, 3.8) is 0 Å². The number of hydrogen-bond acceptors (Lipinski definition) is 4. The van der Waals surface area contributed by atoms with Crippen LogP contribution < -0.4 is 10.2 Å². The number of anilines is 2. The summed E-state index contributed by atoms with van der Waals surface area (Å²) in [7, 11) is 0. The Bertz CT molecular complexity index is 481. The minimum absolute atomic E-state index is 0.0626. The van der Waals surface area contributed by atoms with Crippen molar-refractivity contribution in [3.05, 3.63) is 24.3 Å². The molecule has 5 nitrogen and oxygen atoms in total. The first-order chi connectivity index (χ1) is 11.2. The highest BCUT2D eigenvalue weighted by atomic mass is 16.5. The number of nitrogens with one attached hydrogen (secondary N) is 1. The number of amides is 1. The van der Waals surface area contributed by atoms with Gasteiger partial charge in [0, 0.05) is 13.1 Å². The fourth-order valence-electron chi connectivity index (χ4n) is 2.95. The molecule has 128 valence electrons. The third-order valence-electron chi connectivity index (χ3n) is 3.98. The summed E-state index contributed by atoms with van der Waals surface area (Å²) < 4.78 is 5.41. The van der Waals surface area contributed by atoms with Gasteiger partial charge in [-0.05, 0) is 38.1 Å². The first-order valence-corrected chi connectivity index (χ1v) is 8.68. The van der Waals surface area contributed by atoms with Crippen LogP contribution in [-0.4, -0.2) is 56.7 Å². The molecule has 1 saturated heterocycles. The maximum absolute atomic E-state index is 12.4. The first-order valence-electron chi connectivity index (χ1n) is 8.68. The van der Waals surface area contributed by atoms with Crippen molar-refractivity contribution in [2.75, 3.05) is 56.2 Å². The number of rotatable bonds is 8. The molecule has 5 heteroatoms. The van der Waals surface area contributed by atoms with Crippen LogP contribution in [0.15, 0.2) is 24.3 Å². The molecule has 0 aliphatic carbocycles. The van der Waals surface area contributed by atoms with Crippen LogP contribution in [0.4, 0.5) is 11.4 Å². The number of carbonyl (C=O) groups is 1. The monoisotopic (exact) mass is 319 g/mol. The molecule has 1 aliphatic heterocycles. The van der Waals surface area contributed by atoms with Gasteiger partial charge in [0.15, 0.2) is 0 Å². The van der Waals surface area contributed by atoms with Gasteiger partial charge in [-0.15, -0.1) is 0 Å². The Morgan fingerprint density at radius 3 is 2.48 bits per heavy atom. The largest absolute Gasteiger partial charge is 0.378 e. The van der Waals surface area contributed by atoms with Gasteiger partial charge in [0.2, 0.25) is 5.91 Å². The molecule has 0 aromatic heterocycles. The Morgan fingerprint density at radius 2 is 1.83 bits per heavy atom. The average molecular weight is 319 g/mol. The summed E-state index contributed by atoms with van der Waals surface area (Å²) in [6.45, 7) is 9.89. The quantitative estimate of drug-likeness (QED) is 0.800. The van der Waals surface area contributed by atoms with E-state index in [2.05, 4.69) is 35.0 Å². The Labute approximate surface area is 139 Å². The van der Waals surface area contributed by atoms with E-state index in [4.69, 9.17) is 4.74 Å². The standard InChI is InChI=1S/C18H29N3O2/c1-3-9-20(10-4-2)15-18(22)19-16-7-5-6-8-17(16)21-11-13-23-14-12-21/h5-8H,3-4,9-15H2,1-2H3,(H,19,22). The van der Waals surface area contributed by atoms with Gasteiger partial charge in [-0.3, -0.25) is 9.69 Å². The van der Waals surface area contributed by atoms with Crippen LogP contribution in [0, 0.1) is 0 Å². The first kappa shape index (κ1) is 17.8. The highest BCUT2D eigenvalue weighted by Crippen LogP contribution is 2.26. The Kier molecular flexibility index (Phi) is 7.36. The maximum Gasteiger partial charge on any atom is 0.238 e. The molecule has 0 spiro atoms. The van der Waals surface area contributed by atoms with Crippen LogP contribution in [0.2, 0.25) is 0 Å². The fourth-order valence-corrected chi connectivity index (χ4v) is 2.95. The molecular weight excluding hydrogens is 290 g/mol. The lowest BCUT2D eigenvalue weighted by Gasteiger charge is -2.30. The zero-order valence-corrected chi connectivity index (χ0v) is 14.4. The van der Waals surface area contributed by atoms with E-state index < -0.39 is 0 Å². The van der Waals surface area contributed by atoms with Crippen molar-refractivity contribution in [2.24, 2.45) is 0 Å². The van der Waals surface area contributed by atoms with Gasteiger partial charge in [-0.25, -0.2) is 0 Å². The molecule has 23 heavy (non-hydrogen) atoms. The predicted octanol–water partition coefficient (Wildman–Crippen LogP) is 2.58. The number of benzene rings is 1. The SMILES string of the molecule is CCCN(CCC)CC(=O)Nc1ccccc1N1CCOCC1. The maximum atomic E-state index is 12.4. The number of hydrogen-bond donors (Lipinski definition) is 1. The number of nitrogens with zero attached hydrogens (tertiary/aromatic N) is 2. The van der Waals surface area contributed by atoms with Crippen molar-refractivity contribution in [1.29, 1.82) is 0 Å². The van der Waals surface area contributed by atoms with Gasteiger partial charge in [0.25, 0.3) is 0 Å². The van der Waals surface area contributed by atoms with Crippen LogP contribution in [-0.2, 0) is 9.53 Å². The summed E-state index contributed by atoms with van der Waals surface area (Å²) in [6, 6.07) is 8.03. The van der Waals surface area contributed by atoms with Gasteiger partial charge < -0.3 is 15.0 Å². The van der Waals surface area contributed by atoms with E-state index in [1.807, 2.05) is 18.2 Å². The minimum atomic E-state index is 0.0626. The van der Waals surface area contributed by atoms with Crippen molar-refractivity contribution >= 4 is 17.3 Å². The van der Waals surface area contributed by atoms with Gasteiger partial charge in [0.05, 0.1) is 31.1 Å². The Morgan fingerprint density at radius 1 is 1.17 bits per heavy atom. The van der Waals surface area contributed by atoms with Crippen LogP contribution in [0.3, 0.4) is 0 Å². The van der Waals surface area contributed by atoms with E-state index >= 15 is 0 Å². The van der Waals surface area contributed by atoms with Crippen molar-refractivity contribution < 1.29 is 9.53 Å². The van der Waals surface area contributed by atoms with Crippen molar-refractivity contribution in [2.45, 2.75) is 26.7 Å². The third kappa shape index (κ3) is 5.52. The molecule has 0 radical (unpaired) electrons. The molecule has 1 amide bonds. The number of para-hydroxylation sites is 2. The predicted molar refractivity (Wildman–Crippen MR) is 95.1 cm³/mol. The molecule has 1 aliphatic rings. The zero-order valence-electron chi connectivity index (χ0n) is 14.4. The van der Waals surface area contributed by atoms with Crippen molar-refractivity contribution in [1.82, 2.24) is 4.90 Å². The minimum Gasteiger partial charge on any atom is -0.378 e. The molecule has 0 unspecified atom stereocenters. The van der Waals surface area contributed by atoms with Gasteiger partial charge in [0.1, 0.15) is 0 Å². The highest BCUT2D eigenvalue weighted by Gasteiger charge is 2.16. The summed E-state index contributed by atoms with van der Waals surface area (Å²) in [6.07, 6.45) is 2.13. The summed E-state index contributed by atoms with van der Waals surface area (Å²) >= 11 is 0. The second kappa shape index (κ2) is 9.53. The molecule has 1 fully saturated rings. The molecule has 1 heterocycles. The van der Waals surface area contributed by atoms with Gasteiger partial charge in [-0.1, -0.05) is 26.0 Å². The fraction of sp³-hybridized carbons (Fsp3) is 0.611. The second-order valence-electron chi connectivity index (χ2n) is 5.94. The van der Waals surface area contributed by atoms with Crippen LogP contribution in [0.25, 0.3) is 0 Å². The summed E-state index contributed by atoms with van der Waals surface area (Å²) in [5, 5.41) is 3.09. The Hall–Kier alpha value is -1.59. The molecule has 1 aromatic carbocycles. The van der Waals surface area contributed by atoms with E-state index in [1.54, 1.807) is 0 Å². The van der Waals surface area contributed by atoms with Crippen LogP contribution in [0.1, 0.15) is 26.7 Å². The molecular formula is C18H29N3O2. The summed E-state index contributed by atoms with van der Waals surface area (Å²) in [4.78, 5) is 16.9. The lowest BCUT2D eigenvalue weighted by Crippen LogP contribution is -2.37. The molecule has 0 atom stereocenters. The molecule has 0 saturated carbocycles. The van der Waals surface area contributed by atoms with E-state index in [9.17, 15) is 4.79 Å². The van der Waals surface area contributed by atoms with E-state index in [-0.39, 0.29) is 5.91 Å². The van der Waals surface area contributed by atoms with E-state index in [1.165, 1.54) is 0 Å². The molecule has 1 aromatic rings. The second-order valence-corrected chi connectivity index (χ2v) is 5.94. The number of carbonyl (C=O) groups excluding carboxylic acids is 1. The van der Waals surface area contributed by atoms with Gasteiger partial charge >= 0.3 is 0 Å². The van der Waals surface area contributed by atoms with Gasteiger partial charge in [-0.2, -0.15) is 0 Å². The Balaban J connectivity index is 1.99. The number of morpholine rings is 1. The molecule has 2 rings (SSSR count).